The van der Waals surface area contributed by atoms with Gasteiger partial charge in [-0.1, -0.05) is 58.1 Å². The van der Waals surface area contributed by atoms with Crippen molar-refractivity contribution in [1.29, 1.82) is 0 Å². The summed E-state index contributed by atoms with van der Waals surface area (Å²) >= 11 is 0. The van der Waals surface area contributed by atoms with Crippen molar-refractivity contribution in [3.8, 4) is 11.5 Å². The molecule has 0 bridgehead atoms. The molecule has 32 heavy (non-hydrogen) atoms. The van der Waals surface area contributed by atoms with Gasteiger partial charge in [-0.15, -0.1) is 0 Å². The molecule has 0 heterocycles. The quantitative estimate of drug-likeness (QED) is 0.148. The Morgan fingerprint density at radius 1 is 0.844 bits per heavy atom. The first kappa shape index (κ1) is 25.2. The van der Waals surface area contributed by atoms with Gasteiger partial charge < -0.3 is 14.2 Å². The van der Waals surface area contributed by atoms with Gasteiger partial charge in [0.2, 0.25) is 0 Å². The van der Waals surface area contributed by atoms with Gasteiger partial charge in [0.15, 0.2) is 0 Å². The topological polar surface area (TPSA) is 61.8 Å². The molecule has 0 N–H and O–H groups in total. The lowest BCUT2D eigenvalue weighted by molar-refractivity contribution is -0.128. The Balaban J connectivity index is 1.76. The predicted octanol–water partition coefficient (Wildman–Crippen LogP) is 6.43. The molecule has 171 valence electrons. The molecule has 0 aliphatic carbocycles. The summed E-state index contributed by atoms with van der Waals surface area (Å²) in [6, 6.07) is 13.9. The molecule has 0 amide bonds. The average Bonchev–Trinajstić information content (AvgIpc) is 2.81. The molecule has 0 unspecified atom stereocenters. The van der Waals surface area contributed by atoms with E-state index in [0.29, 0.717) is 24.5 Å². The monoisotopic (exact) mass is 437 g/mol. The summed E-state index contributed by atoms with van der Waals surface area (Å²) in [5.41, 5.74) is 1.26. The molecular weight excluding hydrogens is 404 g/mol. The Bertz CT molecular complexity index is 837. The maximum Gasteiger partial charge on any atom is 0.338 e. The van der Waals surface area contributed by atoms with Crippen LogP contribution in [0.2, 0.25) is 0 Å². The normalized spacial score (nSPS) is 10.8. The Morgan fingerprint density at radius 3 is 2.22 bits per heavy atom. The summed E-state index contributed by atoms with van der Waals surface area (Å²) in [5.74, 6) is 0.386. The first-order valence-corrected chi connectivity index (χ1v) is 11.3. The molecule has 0 saturated heterocycles. The molecule has 0 aliphatic rings. The number of rotatable bonds is 14. The summed E-state index contributed by atoms with van der Waals surface area (Å²) in [4.78, 5) is 24.0. The molecule has 0 aliphatic heterocycles. The maximum atomic E-state index is 12.1. The Morgan fingerprint density at radius 2 is 1.53 bits per heavy atom. The van der Waals surface area contributed by atoms with E-state index in [2.05, 4.69) is 13.8 Å². The van der Waals surface area contributed by atoms with Gasteiger partial charge in [-0.25, -0.2) is 9.59 Å². The van der Waals surface area contributed by atoms with Crippen LogP contribution in [-0.2, 0) is 9.53 Å². The highest BCUT2D eigenvalue weighted by Gasteiger charge is 2.06. The van der Waals surface area contributed by atoms with Gasteiger partial charge in [0.25, 0.3) is 0 Å². The predicted molar refractivity (Wildman–Crippen MR) is 127 cm³/mol. The largest absolute Gasteiger partial charge is 0.494 e. The van der Waals surface area contributed by atoms with Crippen molar-refractivity contribution >= 4 is 18.0 Å². The Kier molecular flexibility index (Phi) is 11.7. The molecule has 0 aromatic heterocycles. The second-order valence-corrected chi connectivity index (χ2v) is 7.45. The fourth-order valence-electron chi connectivity index (χ4n) is 2.89. The molecule has 2 rings (SSSR count). The third-order valence-electron chi connectivity index (χ3n) is 4.74. The minimum Gasteiger partial charge on any atom is -0.494 e. The Hall–Kier alpha value is -3.08. The van der Waals surface area contributed by atoms with Crippen LogP contribution in [0.5, 0.6) is 11.5 Å². The minimum atomic E-state index is -0.480. The van der Waals surface area contributed by atoms with Gasteiger partial charge in [0.1, 0.15) is 11.5 Å². The molecule has 0 spiro atoms. The van der Waals surface area contributed by atoms with Crippen molar-refractivity contribution in [3.63, 3.8) is 0 Å². The van der Waals surface area contributed by atoms with Crippen LogP contribution in [-0.4, -0.2) is 25.2 Å². The lowest BCUT2D eigenvalue weighted by atomic mass is 10.1. The maximum absolute atomic E-state index is 12.1. The number of unbranched alkanes of at least 4 members (excludes halogenated alkanes) is 5. The molecule has 5 nitrogen and oxygen atoms in total. The van der Waals surface area contributed by atoms with E-state index in [4.69, 9.17) is 14.2 Å². The van der Waals surface area contributed by atoms with Gasteiger partial charge in [-0.05, 0) is 60.9 Å². The highest BCUT2D eigenvalue weighted by atomic mass is 16.5. The van der Waals surface area contributed by atoms with Crippen LogP contribution in [0.4, 0.5) is 0 Å². The third kappa shape index (κ3) is 9.82. The molecule has 2 aromatic carbocycles. The van der Waals surface area contributed by atoms with E-state index in [9.17, 15) is 9.59 Å². The first-order valence-electron chi connectivity index (χ1n) is 11.3. The van der Waals surface area contributed by atoms with Crippen LogP contribution in [0.3, 0.4) is 0 Å². The smallest absolute Gasteiger partial charge is 0.338 e. The second-order valence-electron chi connectivity index (χ2n) is 7.45. The molecule has 0 fully saturated rings. The summed E-state index contributed by atoms with van der Waals surface area (Å²) in [6.07, 6.45) is 10.2. The molecular formula is C27H33O5. The second kappa shape index (κ2) is 14.8. The number of ether oxygens (including phenoxy) is 3. The molecule has 0 saturated carbocycles. The number of carbonyl (C=O) groups is 2. The standard InChI is InChI=1S/C27H33O5/c1-3-5-7-9-20-30-24-15-17-25(18-16-24)32-26(28)19-12-22-10-13-23(14-11-22)27(29)31-21-8-6-4-2/h10-19H,2-9,20-21H2,1H3/b19-12+. The van der Waals surface area contributed by atoms with E-state index in [1.54, 1.807) is 54.6 Å². The SMILES string of the molecule is [CH2]CCCCOC(=O)c1ccc(/C=C/C(=O)Oc2ccc(OCCCCCC)cc2)cc1. The fourth-order valence-corrected chi connectivity index (χ4v) is 2.89. The highest BCUT2D eigenvalue weighted by Crippen LogP contribution is 2.18. The lowest BCUT2D eigenvalue weighted by Gasteiger charge is -2.07. The number of carbonyl (C=O) groups excluding carboxylic acids is 2. The molecule has 0 atom stereocenters. The van der Waals surface area contributed by atoms with E-state index in [-0.39, 0.29) is 5.97 Å². The number of hydrogen-bond acceptors (Lipinski definition) is 5. The van der Waals surface area contributed by atoms with Crippen molar-refractivity contribution < 1.29 is 23.8 Å². The van der Waals surface area contributed by atoms with E-state index in [1.165, 1.54) is 25.3 Å². The van der Waals surface area contributed by atoms with Crippen molar-refractivity contribution in [2.24, 2.45) is 0 Å². The fraction of sp³-hybridized carbons (Fsp3) is 0.370. The van der Waals surface area contributed by atoms with Crippen molar-refractivity contribution in [2.75, 3.05) is 13.2 Å². The van der Waals surface area contributed by atoms with Crippen LogP contribution < -0.4 is 9.47 Å². The van der Waals surface area contributed by atoms with Crippen LogP contribution >= 0.6 is 0 Å². The van der Waals surface area contributed by atoms with Crippen LogP contribution in [0.1, 0.15) is 67.8 Å². The van der Waals surface area contributed by atoms with Gasteiger partial charge in [-0.3, -0.25) is 0 Å². The molecule has 5 heteroatoms. The van der Waals surface area contributed by atoms with E-state index < -0.39 is 5.97 Å². The average molecular weight is 438 g/mol. The molecule has 1 radical (unpaired) electrons. The van der Waals surface area contributed by atoms with Crippen molar-refractivity contribution in [2.45, 2.75) is 51.9 Å². The third-order valence-corrected chi connectivity index (χ3v) is 4.74. The Labute approximate surface area is 191 Å². The number of hydrogen-bond donors (Lipinski definition) is 0. The van der Waals surface area contributed by atoms with E-state index in [0.717, 1.165) is 37.0 Å². The highest BCUT2D eigenvalue weighted by molar-refractivity contribution is 5.91. The lowest BCUT2D eigenvalue weighted by Crippen LogP contribution is -2.06. The van der Waals surface area contributed by atoms with Gasteiger partial charge >= 0.3 is 11.9 Å². The van der Waals surface area contributed by atoms with Crippen molar-refractivity contribution in [1.82, 2.24) is 0 Å². The van der Waals surface area contributed by atoms with Gasteiger partial charge in [0, 0.05) is 6.08 Å². The van der Waals surface area contributed by atoms with Crippen molar-refractivity contribution in [3.05, 3.63) is 72.7 Å². The van der Waals surface area contributed by atoms with E-state index >= 15 is 0 Å². The number of esters is 2. The molecule has 2 aromatic rings. The summed E-state index contributed by atoms with van der Waals surface area (Å²) in [5, 5.41) is 0. The zero-order chi connectivity index (χ0) is 23.0. The van der Waals surface area contributed by atoms with Crippen LogP contribution in [0, 0.1) is 6.92 Å². The summed E-state index contributed by atoms with van der Waals surface area (Å²) in [7, 11) is 0. The zero-order valence-corrected chi connectivity index (χ0v) is 18.9. The van der Waals surface area contributed by atoms with Crippen LogP contribution in [0.15, 0.2) is 54.6 Å². The zero-order valence-electron chi connectivity index (χ0n) is 18.9. The van der Waals surface area contributed by atoms with Gasteiger partial charge in [-0.2, -0.15) is 0 Å². The minimum absolute atomic E-state index is 0.350. The first-order chi connectivity index (χ1) is 15.6. The summed E-state index contributed by atoms with van der Waals surface area (Å²) in [6.45, 7) is 7.02. The van der Waals surface area contributed by atoms with Gasteiger partial charge in [0.05, 0.1) is 18.8 Å². The van der Waals surface area contributed by atoms with E-state index in [1.807, 2.05) is 0 Å². The van der Waals surface area contributed by atoms with Crippen LogP contribution in [0.25, 0.3) is 6.08 Å². The number of benzene rings is 2. The summed E-state index contributed by atoms with van der Waals surface area (Å²) < 4.78 is 16.2.